The molecule has 0 bridgehead atoms. The third kappa shape index (κ3) is 4.40. The van der Waals surface area contributed by atoms with E-state index in [4.69, 9.17) is 4.74 Å². The summed E-state index contributed by atoms with van der Waals surface area (Å²) in [5.74, 6) is 0.795. The van der Waals surface area contributed by atoms with Gasteiger partial charge in [0.15, 0.2) is 0 Å². The van der Waals surface area contributed by atoms with E-state index in [9.17, 15) is 8.42 Å². The van der Waals surface area contributed by atoms with Crippen molar-refractivity contribution in [3.63, 3.8) is 0 Å². The number of rotatable bonds is 6. The smallest absolute Gasteiger partial charge is 0.268 e. The molecule has 0 saturated carbocycles. The second kappa shape index (κ2) is 10.6. The number of hydrogen-bond donors (Lipinski definition) is 2. The molecule has 4 aromatic carbocycles. The van der Waals surface area contributed by atoms with Crippen LogP contribution in [0.1, 0.15) is 40.3 Å². The first kappa shape index (κ1) is 27.0. The summed E-state index contributed by atoms with van der Waals surface area (Å²) in [6, 6.07) is 29.8. The van der Waals surface area contributed by atoms with E-state index < -0.39 is 10.0 Å². The number of nitrogens with zero attached hydrogens (tertiary/aromatic N) is 1. The minimum atomic E-state index is -3.88. The van der Waals surface area contributed by atoms with Crippen molar-refractivity contribution in [2.24, 2.45) is 0 Å². The number of thiophene rings is 1. The van der Waals surface area contributed by atoms with Gasteiger partial charge in [-0.1, -0.05) is 42.5 Å². The van der Waals surface area contributed by atoms with E-state index in [-0.39, 0.29) is 10.8 Å². The van der Waals surface area contributed by atoms with Gasteiger partial charge in [-0.05, 0) is 83.4 Å². The van der Waals surface area contributed by atoms with Crippen molar-refractivity contribution < 1.29 is 13.2 Å². The number of H-pyrrole nitrogens is 1. The van der Waals surface area contributed by atoms with E-state index in [1.807, 2.05) is 12.3 Å². The fourth-order valence-corrected chi connectivity index (χ4v) is 9.23. The van der Waals surface area contributed by atoms with Gasteiger partial charge in [0.2, 0.25) is 0 Å². The molecule has 1 unspecified atom stereocenters. The quantitative estimate of drug-likeness (QED) is 0.196. The molecule has 0 spiro atoms. The van der Waals surface area contributed by atoms with Gasteiger partial charge in [0.1, 0.15) is 5.75 Å². The number of ether oxygens (including phenoxy) is 1. The van der Waals surface area contributed by atoms with Crippen LogP contribution in [0.3, 0.4) is 0 Å². The average Bonchev–Trinajstić information content (AvgIpc) is 3.73. The van der Waals surface area contributed by atoms with E-state index in [0.29, 0.717) is 17.7 Å². The molecule has 44 heavy (non-hydrogen) atoms. The Kier molecular flexibility index (Phi) is 6.50. The number of hydrogen-bond acceptors (Lipinski definition) is 5. The number of nitrogens with one attached hydrogen (secondary N) is 2. The molecule has 8 rings (SSSR count). The highest BCUT2D eigenvalue weighted by Gasteiger charge is 2.29. The van der Waals surface area contributed by atoms with Crippen LogP contribution < -0.4 is 10.1 Å². The Morgan fingerprint density at radius 2 is 1.77 bits per heavy atom. The molecule has 0 amide bonds. The molecule has 1 atom stereocenters. The van der Waals surface area contributed by atoms with Gasteiger partial charge in [0.25, 0.3) is 10.0 Å². The highest BCUT2D eigenvalue weighted by molar-refractivity contribution is 7.90. The van der Waals surface area contributed by atoms with Crippen LogP contribution in [0, 0.1) is 0 Å². The zero-order valence-corrected chi connectivity index (χ0v) is 25.8. The van der Waals surface area contributed by atoms with Crippen LogP contribution in [0.4, 0.5) is 5.69 Å². The molecule has 0 fully saturated rings. The number of benzene rings is 4. The highest BCUT2D eigenvalue weighted by atomic mass is 32.2. The summed E-state index contributed by atoms with van der Waals surface area (Å²) in [6.07, 6.45) is 6.63. The minimum Gasteiger partial charge on any atom is -0.497 e. The zero-order chi connectivity index (χ0) is 29.8. The van der Waals surface area contributed by atoms with Gasteiger partial charge in [-0.2, -0.15) is 0 Å². The number of aromatic nitrogens is 2. The van der Waals surface area contributed by atoms with Crippen molar-refractivity contribution in [1.82, 2.24) is 8.96 Å². The molecule has 0 aliphatic carbocycles. The lowest BCUT2D eigenvalue weighted by Gasteiger charge is -2.19. The Morgan fingerprint density at radius 1 is 0.955 bits per heavy atom. The summed E-state index contributed by atoms with van der Waals surface area (Å²) in [4.78, 5) is 4.90. The fourth-order valence-electron chi connectivity index (χ4n) is 6.76. The molecule has 0 radical (unpaired) electrons. The lowest BCUT2D eigenvalue weighted by atomic mass is 9.86. The lowest BCUT2D eigenvalue weighted by Crippen LogP contribution is -2.12. The summed E-state index contributed by atoms with van der Waals surface area (Å²) < 4.78 is 36.4. The van der Waals surface area contributed by atoms with Crippen LogP contribution >= 0.6 is 11.3 Å². The topological polar surface area (TPSA) is 76.1 Å². The van der Waals surface area contributed by atoms with E-state index >= 15 is 0 Å². The van der Waals surface area contributed by atoms with Crippen molar-refractivity contribution >= 4 is 58.9 Å². The molecule has 1 aliphatic rings. The van der Waals surface area contributed by atoms with Gasteiger partial charge in [-0.15, -0.1) is 11.3 Å². The van der Waals surface area contributed by atoms with Crippen LogP contribution in [0.5, 0.6) is 5.75 Å². The highest BCUT2D eigenvalue weighted by Crippen LogP contribution is 2.45. The predicted octanol–water partition coefficient (Wildman–Crippen LogP) is 8.51. The van der Waals surface area contributed by atoms with Crippen molar-refractivity contribution in [2.75, 3.05) is 19.0 Å². The van der Waals surface area contributed by atoms with Crippen molar-refractivity contribution in [3.05, 3.63) is 125 Å². The Hall–Kier alpha value is -4.53. The number of fused-ring (bicyclic) bond motifs is 5. The van der Waals surface area contributed by atoms with Crippen LogP contribution in [0.25, 0.3) is 31.9 Å². The first-order valence-electron chi connectivity index (χ1n) is 14.8. The van der Waals surface area contributed by atoms with Crippen LogP contribution in [0.2, 0.25) is 0 Å². The number of para-hydroxylation sites is 1. The fraction of sp³-hybridized carbons (Fsp3) is 0.167. The van der Waals surface area contributed by atoms with Gasteiger partial charge in [-0.3, -0.25) is 0 Å². The number of aromatic amines is 1. The summed E-state index contributed by atoms with van der Waals surface area (Å²) in [6.45, 7) is 0.823. The van der Waals surface area contributed by atoms with Crippen molar-refractivity contribution in [1.29, 1.82) is 0 Å². The molecule has 6 nitrogen and oxygen atoms in total. The number of anilines is 1. The standard InChI is InChI=1S/C36H31N3O3S2/c1-42-25-12-14-27(15-13-25)44(40,41)39-22-24(20-26-19-23-7-2-5-11-34(23)43-26)35-33(39)17-16-30-28(9-6-18-37-36(30)35)31-21-38-32-10-4-3-8-29(31)32/h2-5,7-8,10-17,19,21-22,28,37-38H,6,9,18,20H2,1H3. The summed E-state index contributed by atoms with van der Waals surface area (Å²) in [5.41, 5.74) is 6.33. The molecule has 4 heterocycles. The molecule has 3 aromatic heterocycles. The Bertz CT molecular complexity index is 2240. The van der Waals surface area contributed by atoms with Gasteiger partial charge in [0, 0.05) is 62.8 Å². The summed E-state index contributed by atoms with van der Waals surface area (Å²) in [5, 5.41) is 7.16. The van der Waals surface area contributed by atoms with Gasteiger partial charge < -0.3 is 15.0 Å². The summed E-state index contributed by atoms with van der Waals surface area (Å²) in [7, 11) is -2.30. The SMILES string of the molecule is COc1ccc(S(=O)(=O)n2cc(Cc3cc4ccccc4s3)c3c4c(ccc32)C(c2c[nH]c3ccccc23)CCCN4)cc1. The molecule has 1 aliphatic heterocycles. The second-order valence-electron chi connectivity index (χ2n) is 11.4. The zero-order valence-electron chi connectivity index (χ0n) is 24.2. The van der Waals surface area contributed by atoms with Crippen LogP contribution in [-0.4, -0.2) is 31.0 Å². The Morgan fingerprint density at radius 3 is 2.61 bits per heavy atom. The monoisotopic (exact) mass is 617 g/mol. The van der Waals surface area contributed by atoms with Gasteiger partial charge >= 0.3 is 0 Å². The molecule has 2 N–H and O–H groups in total. The van der Waals surface area contributed by atoms with Gasteiger partial charge in [0.05, 0.1) is 17.5 Å². The van der Waals surface area contributed by atoms with E-state index in [2.05, 4.69) is 77.2 Å². The molecular formula is C36H31N3O3S2. The lowest BCUT2D eigenvalue weighted by molar-refractivity contribution is 0.414. The minimum absolute atomic E-state index is 0.180. The van der Waals surface area contributed by atoms with E-state index in [1.54, 1.807) is 42.7 Å². The van der Waals surface area contributed by atoms with Gasteiger partial charge in [-0.25, -0.2) is 12.4 Å². The molecule has 8 heteroatoms. The third-order valence-corrected chi connectivity index (χ3v) is 11.7. The molecule has 0 saturated heterocycles. The normalized spacial score (nSPS) is 15.3. The van der Waals surface area contributed by atoms with E-state index in [1.165, 1.54) is 35.4 Å². The Labute approximate surface area is 260 Å². The number of methoxy groups -OCH3 is 1. The average molecular weight is 618 g/mol. The summed E-state index contributed by atoms with van der Waals surface area (Å²) >= 11 is 1.76. The second-order valence-corrected chi connectivity index (χ2v) is 14.4. The van der Waals surface area contributed by atoms with Crippen molar-refractivity contribution in [3.8, 4) is 5.75 Å². The van der Waals surface area contributed by atoms with Crippen LogP contribution in [-0.2, 0) is 16.4 Å². The maximum absolute atomic E-state index is 14.2. The first-order chi connectivity index (χ1) is 21.5. The molecule has 7 aromatic rings. The molecule has 220 valence electrons. The van der Waals surface area contributed by atoms with Crippen molar-refractivity contribution in [2.45, 2.75) is 30.1 Å². The first-order valence-corrected chi connectivity index (χ1v) is 17.1. The maximum Gasteiger partial charge on any atom is 0.268 e. The largest absolute Gasteiger partial charge is 0.497 e. The maximum atomic E-state index is 14.2. The predicted molar refractivity (Wildman–Crippen MR) is 180 cm³/mol. The van der Waals surface area contributed by atoms with E-state index in [0.717, 1.165) is 41.5 Å². The third-order valence-electron chi connectivity index (χ3n) is 8.85. The van der Waals surface area contributed by atoms with Crippen LogP contribution in [0.15, 0.2) is 108 Å². The molecular weight excluding hydrogens is 587 g/mol. The Balaban J connectivity index is 1.34.